The number of carbonyl (C=O) groups excluding carboxylic acids is 2. The number of nitrogens with one attached hydrogen (secondary N) is 2. The van der Waals surface area contributed by atoms with Crippen molar-refractivity contribution in [3.63, 3.8) is 0 Å². The lowest BCUT2D eigenvalue weighted by Crippen LogP contribution is -2.39. The molecule has 2 atom stereocenters. The van der Waals surface area contributed by atoms with E-state index in [4.69, 9.17) is 5.11 Å². The molecule has 0 radical (unpaired) electrons. The normalized spacial score (nSPS) is 13.6. The molecule has 106 valence electrons. The summed E-state index contributed by atoms with van der Waals surface area (Å²) in [5.74, 6) is -0.339. The molecule has 2 amide bonds. The highest BCUT2D eigenvalue weighted by Crippen LogP contribution is 2.22. The molecule has 1 aromatic rings. The van der Waals surface area contributed by atoms with Gasteiger partial charge in [-0.2, -0.15) is 0 Å². The molecule has 0 spiro atoms. The summed E-state index contributed by atoms with van der Waals surface area (Å²) in [6.45, 7) is 3.25. The van der Waals surface area contributed by atoms with Crippen LogP contribution in [-0.4, -0.2) is 29.6 Å². The molecule has 0 saturated heterocycles. The van der Waals surface area contributed by atoms with Gasteiger partial charge >= 0.3 is 0 Å². The van der Waals surface area contributed by atoms with Crippen LogP contribution in [0.25, 0.3) is 0 Å². The number of carbonyl (C=O) groups is 2. The fourth-order valence-corrected chi connectivity index (χ4v) is 2.48. The molecule has 0 aromatic carbocycles. The first-order valence-corrected chi connectivity index (χ1v) is 7.15. The molecule has 0 aliphatic carbocycles. The number of hydrogen-bond acceptors (Lipinski definition) is 4. The topological polar surface area (TPSA) is 78.4 Å². The maximum atomic E-state index is 11.9. The number of rotatable bonds is 7. The molecule has 0 aliphatic rings. The minimum atomic E-state index is -0.311. The van der Waals surface area contributed by atoms with Crippen LogP contribution in [-0.2, 0) is 9.59 Å². The first kappa shape index (κ1) is 15.7. The maximum Gasteiger partial charge on any atom is 0.222 e. The molecule has 0 fully saturated rings. The zero-order valence-corrected chi connectivity index (χ0v) is 12.0. The monoisotopic (exact) mass is 284 g/mol. The third-order valence-corrected chi connectivity index (χ3v) is 3.72. The summed E-state index contributed by atoms with van der Waals surface area (Å²) in [7, 11) is 0. The van der Waals surface area contributed by atoms with Gasteiger partial charge in [0.05, 0.1) is 25.1 Å². The zero-order chi connectivity index (χ0) is 14.3. The van der Waals surface area contributed by atoms with Gasteiger partial charge < -0.3 is 15.7 Å². The van der Waals surface area contributed by atoms with Crippen LogP contribution >= 0.6 is 11.3 Å². The Morgan fingerprint density at radius 2 is 2.16 bits per heavy atom. The summed E-state index contributed by atoms with van der Waals surface area (Å²) in [5.41, 5.74) is 0. The van der Waals surface area contributed by atoms with Crippen LogP contribution in [0.4, 0.5) is 0 Å². The molecular weight excluding hydrogens is 264 g/mol. The lowest BCUT2D eigenvalue weighted by atomic mass is 10.1. The maximum absolute atomic E-state index is 11.9. The standard InChI is InChI=1S/C13H20N2O3S/c1-3-10(8-16)15-13(18)7-11(14-9(2)17)12-5-4-6-19-12/h4-6,10-11,16H,3,7-8H2,1-2H3,(H,14,17)(H,15,18). The Hall–Kier alpha value is -1.40. The third-order valence-electron chi connectivity index (χ3n) is 2.73. The van der Waals surface area contributed by atoms with Crippen LogP contribution in [0.15, 0.2) is 17.5 Å². The molecule has 5 nitrogen and oxygen atoms in total. The SMILES string of the molecule is CCC(CO)NC(=O)CC(NC(C)=O)c1cccs1. The van der Waals surface area contributed by atoms with Crippen LogP contribution in [0.3, 0.4) is 0 Å². The molecule has 3 N–H and O–H groups in total. The van der Waals surface area contributed by atoms with Crippen LogP contribution in [0, 0.1) is 0 Å². The van der Waals surface area contributed by atoms with Crippen molar-refractivity contribution in [1.82, 2.24) is 10.6 Å². The lowest BCUT2D eigenvalue weighted by Gasteiger charge is -2.19. The Labute approximate surface area is 117 Å². The predicted molar refractivity (Wildman–Crippen MR) is 74.8 cm³/mol. The smallest absolute Gasteiger partial charge is 0.222 e. The highest BCUT2D eigenvalue weighted by atomic mass is 32.1. The highest BCUT2D eigenvalue weighted by molar-refractivity contribution is 7.10. The summed E-state index contributed by atoms with van der Waals surface area (Å²) in [6.07, 6.45) is 0.850. The zero-order valence-electron chi connectivity index (χ0n) is 11.2. The van der Waals surface area contributed by atoms with Gasteiger partial charge in [-0.1, -0.05) is 13.0 Å². The van der Waals surface area contributed by atoms with Gasteiger partial charge in [0, 0.05) is 11.8 Å². The van der Waals surface area contributed by atoms with Crippen molar-refractivity contribution in [3.8, 4) is 0 Å². The molecule has 1 heterocycles. The largest absolute Gasteiger partial charge is 0.394 e. The Morgan fingerprint density at radius 3 is 2.63 bits per heavy atom. The van der Waals surface area contributed by atoms with Gasteiger partial charge in [0.25, 0.3) is 0 Å². The Morgan fingerprint density at radius 1 is 1.42 bits per heavy atom. The van der Waals surface area contributed by atoms with Gasteiger partial charge in [0.15, 0.2) is 0 Å². The van der Waals surface area contributed by atoms with E-state index in [0.717, 1.165) is 4.88 Å². The van der Waals surface area contributed by atoms with Crippen LogP contribution in [0.2, 0.25) is 0 Å². The molecular formula is C13H20N2O3S. The van der Waals surface area contributed by atoms with Crippen LogP contribution in [0.5, 0.6) is 0 Å². The molecule has 6 heteroatoms. The number of amides is 2. The van der Waals surface area contributed by atoms with E-state index in [1.165, 1.54) is 18.3 Å². The van der Waals surface area contributed by atoms with E-state index in [0.29, 0.717) is 6.42 Å². The summed E-state index contributed by atoms with van der Waals surface area (Å²) in [4.78, 5) is 24.0. The molecule has 0 bridgehead atoms. The number of hydrogen-bond donors (Lipinski definition) is 3. The molecule has 0 aliphatic heterocycles. The van der Waals surface area contributed by atoms with E-state index in [2.05, 4.69) is 10.6 Å². The van der Waals surface area contributed by atoms with Crippen molar-refractivity contribution >= 4 is 23.2 Å². The first-order valence-electron chi connectivity index (χ1n) is 6.27. The second kappa shape index (κ2) is 7.91. The van der Waals surface area contributed by atoms with Gasteiger partial charge in [0.1, 0.15) is 0 Å². The van der Waals surface area contributed by atoms with E-state index in [-0.39, 0.29) is 36.9 Å². The molecule has 1 aromatic heterocycles. The Kier molecular flexibility index (Phi) is 6.52. The van der Waals surface area contributed by atoms with Crippen molar-refractivity contribution in [1.29, 1.82) is 0 Å². The second-order valence-electron chi connectivity index (χ2n) is 4.33. The molecule has 19 heavy (non-hydrogen) atoms. The van der Waals surface area contributed by atoms with E-state index in [1.54, 1.807) is 0 Å². The predicted octanol–water partition coefficient (Wildman–Crippen LogP) is 1.20. The molecule has 1 rings (SSSR count). The van der Waals surface area contributed by atoms with Crippen molar-refractivity contribution in [2.45, 2.75) is 38.8 Å². The fourth-order valence-electron chi connectivity index (χ4n) is 1.71. The summed E-state index contributed by atoms with van der Waals surface area (Å²) in [5, 5.41) is 16.5. The van der Waals surface area contributed by atoms with Gasteiger partial charge in [0.2, 0.25) is 11.8 Å². The molecule has 0 saturated carbocycles. The van der Waals surface area contributed by atoms with E-state index in [1.807, 2.05) is 24.4 Å². The Bertz CT molecular complexity index is 402. The number of aliphatic hydroxyl groups excluding tert-OH is 1. The summed E-state index contributed by atoms with van der Waals surface area (Å²) in [6, 6.07) is 3.24. The van der Waals surface area contributed by atoms with Crippen LogP contribution < -0.4 is 10.6 Å². The number of aliphatic hydroxyl groups is 1. The lowest BCUT2D eigenvalue weighted by molar-refractivity contribution is -0.123. The second-order valence-corrected chi connectivity index (χ2v) is 5.31. The summed E-state index contributed by atoms with van der Waals surface area (Å²) >= 11 is 1.50. The van der Waals surface area contributed by atoms with Gasteiger partial charge in [-0.15, -0.1) is 11.3 Å². The van der Waals surface area contributed by atoms with Gasteiger partial charge in [-0.25, -0.2) is 0 Å². The van der Waals surface area contributed by atoms with E-state index >= 15 is 0 Å². The minimum Gasteiger partial charge on any atom is -0.394 e. The van der Waals surface area contributed by atoms with Crippen molar-refractivity contribution in [3.05, 3.63) is 22.4 Å². The fraction of sp³-hybridized carbons (Fsp3) is 0.538. The van der Waals surface area contributed by atoms with E-state index < -0.39 is 0 Å². The van der Waals surface area contributed by atoms with Crippen molar-refractivity contribution in [2.75, 3.05) is 6.61 Å². The third kappa shape index (κ3) is 5.40. The average molecular weight is 284 g/mol. The first-order chi connectivity index (χ1) is 9.06. The highest BCUT2D eigenvalue weighted by Gasteiger charge is 2.19. The van der Waals surface area contributed by atoms with Crippen molar-refractivity contribution in [2.24, 2.45) is 0 Å². The quantitative estimate of drug-likeness (QED) is 0.704. The minimum absolute atomic E-state index is 0.0773. The summed E-state index contributed by atoms with van der Waals surface area (Å²) < 4.78 is 0. The average Bonchev–Trinajstić information content (AvgIpc) is 2.88. The van der Waals surface area contributed by atoms with E-state index in [9.17, 15) is 9.59 Å². The Balaban J connectivity index is 2.62. The van der Waals surface area contributed by atoms with Crippen LogP contribution in [0.1, 0.15) is 37.6 Å². The van der Waals surface area contributed by atoms with Gasteiger partial charge in [-0.3, -0.25) is 9.59 Å². The molecule has 2 unspecified atom stereocenters. The number of thiophene rings is 1. The van der Waals surface area contributed by atoms with Crippen molar-refractivity contribution < 1.29 is 14.7 Å². The van der Waals surface area contributed by atoms with Gasteiger partial charge in [-0.05, 0) is 17.9 Å².